The second kappa shape index (κ2) is 5.71. The van der Waals surface area contributed by atoms with Gasteiger partial charge in [0.15, 0.2) is 0 Å². The van der Waals surface area contributed by atoms with Crippen molar-refractivity contribution in [2.75, 3.05) is 18.9 Å². The third-order valence-electron chi connectivity index (χ3n) is 3.59. The number of anilines is 1. The molecule has 1 N–H and O–H groups in total. The normalized spacial score (nSPS) is 24.2. The molecule has 1 aliphatic rings. The first-order valence-corrected chi connectivity index (χ1v) is 6.62. The molecule has 1 saturated heterocycles. The Bertz CT molecular complexity index is 483. The first kappa shape index (κ1) is 14.0. The van der Waals surface area contributed by atoms with Crippen LogP contribution in [0.3, 0.4) is 0 Å². The second-order valence-electron chi connectivity index (χ2n) is 4.98. The lowest BCUT2D eigenvalue weighted by molar-refractivity contribution is -0.385. The highest BCUT2D eigenvalue weighted by atomic mass is 35.5. The van der Waals surface area contributed by atoms with Crippen molar-refractivity contribution in [1.82, 2.24) is 9.88 Å². The van der Waals surface area contributed by atoms with Crippen molar-refractivity contribution in [3.8, 4) is 0 Å². The third-order valence-corrected chi connectivity index (χ3v) is 3.87. The van der Waals surface area contributed by atoms with E-state index >= 15 is 0 Å². The molecule has 1 aromatic rings. The lowest BCUT2D eigenvalue weighted by atomic mass is 9.99. The topological polar surface area (TPSA) is 71.3 Å². The van der Waals surface area contributed by atoms with Crippen molar-refractivity contribution in [2.24, 2.45) is 0 Å². The molecule has 1 aromatic heterocycles. The molecule has 1 aliphatic heterocycles. The first-order valence-electron chi connectivity index (χ1n) is 6.24. The molecule has 1 fully saturated rings. The maximum Gasteiger partial charge on any atom is 0.289 e. The van der Waals surface area contributed by atoms with Gasteiger partial charge in [-0.25, -0.2) is 4.98 Å². The van der Waals surface area contributed by atoms with Crippen molar-refractivity contribution in [1.29, 1.82) is 0 Å². The van der Waals surface area contributed by atoms with Crippen LogP contribution in [0.4, 0.5) is 11.5 Å². The molecule has 0 aromatic carbocycles. The Balaban J connectivity index is 2.05. The Morgan fingerprint density at radius 2 is 2.37 bits per heavy atom. The fraction of sp³-hybridized carbons (Fsp3) is 0.583. The number of rotatable bonds is 3. The molecule has 0 saturated carbocycles. The van der Waals surface area contributed by atoms with Crippen molar-refractivity contribution in [2.45, 2.75) is 31.8 Å². The lowest BCUT2D eigenvalue weighted by Crippen LogP contribution is -2.42. The number of halogens is 1. The predicted octanol–water partition coefficient (Wildman–Crippen LogP) is 2.54. The number of hydrogen-bond acceptors (Lipinski definition) is 5. The molecule has 0 bridgehead atoms. The summed E-state index contributed by atoms with van der Waals surface area (Å²) < 4.78 is 0. The van der Waals surface area contributed by atoms with Gasteiger partial charge in [0.05, 0.1) is 9.95 Å². The lowest BCUT2D eigenvalue weighted by Gasteiger charge is -2.35. The quantitative estimate of drug-likeness (QED) is 0.682. The molecular weight excluding hydrogens is 268 g/mol. The highest BCUT2D eigenvalue weighted by molar-refractivity contribution is 6.33. The Morgan fingerprint density at radius 3 is 2.95 bits per heavy atom. The van der Waals surface area contributed by atoms with Crippen LogP contribution in [0.1, 0.15) is 19.8 Å². The average Bonchev–Trinajstić information content (AvgIpc) is 2.36. The zero-order valence-electron chi connectivity index (χ0n) is 11.0. The van der Waals surface area contributed by atoms with Crippen LogP contribution in [-0.4, -0.2) is 40.5 Å². The van der Waals surface area contributed by atoms with E-state index in [-0.39, 0.29) is 5.69 Å². The molecule has 2 heterocycles. The summed E-state index contributed by atoms with van der Waals surface area (Å²) in [4.78, 5) is 16.5. The van der Waals surface area contributed by atoms with E-state index in [0.29, 0.717) is 22.9 Å². The number of likely N-dealkylation sites (tertiary alicyclic amines) is 1. The molecule has 6 nitrogen and oxygen atoms in total. The van der Waals surface area contributed by atoms with Crippen molar-refractivity contribution >= 4 is 23.1 Å². The summed E-state index contributed by atoms with van der Waals surface area (Å²) in [5.74, 6) is 0.522. The number of piperidine rings is 1. The molecule has 2 unspecified atom stereocenters. The Morgan fingerprint density at radius 1 is 1.63 bits per heavy atom. The molecule has 7 heteroatoms. The van der Waals surface area contributed by atoms with Crippen LogP contribution >= 0.6 is 11.6 Å². The molecule has 19 heavy (non-hydrogen) atoms. The molecule has 0 amide bonds. The van der Waals surface area contributed by atoms with Crippen LogP contribution in [0, 0.1) is 10.1 Å². The van der Waals surface area contributed by atoms with E-state index in [1.165, 1.54) is 12.3 Å². The van der Waals surface area contributed by atoms with Crippen LogP contribution in [0.15, 0.2) is 12.3 Å². The average molecular weight is 285 g/mol. The standard InChI is InChI=1S/C12H17ClN4O2/c1-8-5-9(3-4-16(8)2)15-12-11(13)6-10(7-14-12)17(18)19/h6-9H,3-5H2,1-2H3,(H,14,15). The highest BCUT2D eigenvalue weighted by Gasteiger charge is 2.23. The van der Waals surface area contributed by atoms with Crippen molar-refractivity contribution < 1.29 is 4.92 Å². The Kier molecular flexibility index (Phi) is 4.21. The Hall–Kier alpha value is -1.40. The fourth-order valence-electron chi connectivity index (χ4n) is 2.25. The zero-order valence-corrected chi connectivity index (χ0v) is 11.7. The zero-order chi connectivity index (χ0) is 14.0. The molecule has 0 radical (unpaired) electrons. The van der Waals surface area contributed by atoms with Gasteiger partial charge in [-0.05, 0) is 26.8 Å². The highest BCUT2D eigenvalue weighted by Crippen LogP contribution is 2.26. The number of nitrogens with zero attached hydrogens (tertiary/aromatic N) is 3. The van der Waals surface area contributed by atoms with Gasteiger partial charge in [0.25, 0.3) is 5.69 Å². The molecule has 0 spiro atoms. The van der Waals surface area contributed by atoms with E-state index in [4.69, 9.17) is 11.6 Å². The van der Waals surface area contributed by atoms with Crippen LogP contribution in [0.25, 0.3) is 0 Å². The van der Waals surface area contributed by atoms with E-state index in [1.54, 1.807) is 0 Å². The van der Waals surface area contributed by atoms with Crippen LogP contribution in [-0.2, 0) is 0 Å². The summed E-state index contributed by atoms with van der Waals surface area (Å²) in [5.41, 5.74) is -0.0905. The Labute approximate surface area is 116 Å². The van der Waals surface area contributed by atoms with Gasteiger partial charge in [-0.2, -0.15) is 0 Å². The van der Waals surface area contributed by atoms with Crippen LogP contribution in [0.5, 0.6) is 0 Å². The molecule has 104 valence electrons. The fourth-order valence-corrected chi connectivity index (χ4v) is 2.46. The SMILES string of the molecule is CC1CC(Nc2ncc([N+](=O)[O-])cc2Cl)CCN1C. The second-order valence-corrected chi connectivity index (χ2v) is 5.38. The summed E-state index contributed by atoms with van der Waals surface area (Å²) in [5, 5.41) is 14.2. The predicted molar refractivity (Wildman–Crippen MR) is 74.6 cm³/mol. The summed E-state index contributed by atoms with van der Waals surface area (Å²) in [6, 6.07) is 2.13. The molecule has 0 aliphatic carbocycles. The smallest absolute Gasteiger partial charge is 0.289 e. The number of pyridine rings is 1. The van der Waals surface area contributed by atoms with Gasteiger partial charge in [-0.1, -0.05) is 11.6 Å². The summed E-state index contributed by atoms with van der Waals surface area (Å²) in [6.07, 6.45) is 3.24. The van der Waals surface area contributed by atoms with E-state index in [0.717, 1.165) is 19.4 Å². The van der Waals surface area contributed by atoms with E-state index in [9.17, 15) is 10.1 Å². The van der Waals surface area contributed by atoms with Gasteiger partial charge in [0, 0.05) is 24.7 Å². The van der Waals surface area contributed by atoms with Crippen LogP contribution < -0.4 is 5.32 Å². The summed E-state index contributed by atoms with van der Waals surface area (Å²) in [7, 11) is 2.11. The number of aromatic nitrogens is 1. The number of nitrogens with one attached hydrogen (secondary N) is 1. The maximum absolute atomic E-state index is 10.6. The molecule has 2 rings (SSSR count). The van der Waals surface area contributed by atoms with E-state index in [1.807, 2.05) is 0 Å². The first-order chi connectivity index (χ1) is 8.97. The monoisotopic (exact) mass is 284 g/mol. The van der Waals surface area contributed by atoms with Gasteiger partial charge >= 0.3 is 0 Å². The number of hydrogen-bond donors (Lipinski definition) is 1. The van der Waals surface area contributed by atoms with Crippen molar-refractivity contribution in [3.05, 3.63) is 27.4 Å². The van der Waals surface area contributed by atoms with E-state index < -0.39 is 4.92 Å². The summed E-state index contributed by atoms with van der Waals surface area (Å²) in [6.45, 7) is 3.20. The molecular formula is C12H17ClN4O2. The van der Waals surface area contributed by atoms with Gasteiger partial charge in [0.2, 0.25) is 0 Å². The third kappa shape index (κ3) is 3.33. The van der Waals surface area contributed by atoms with E-state index in [2.05, 4.69) is 29.2 Å². The maximum atomic E-state index is 10.6. The minimum Gasteiger partial charge on any atom is -0.366 e. The van der Waals surface area contributed by atoms with Gasteiger partial charge in [-0.3, -0.25) is 10.1 Å². The largest absolute Gasteiger partial charge is 0.366 e. The van der Waals surface area contributed by atoms with Crippen LogP contribution in [0.2, 0.25) is 5.02 Å². The van der Waals surface area contributed by atoms with Gasteiger partial charge in [-0.15, -0.1) is 0 Å². The summed E-state index contributed by atoms with van der Waals surface area (Å²) >= 11 is 6.02. The minimum atomic E-state index is -0.500. The number of nitro groups is 1. The minimum absolute atomic E-state index is 0.0905. The van der Waals surface area contributed by atoms with Gasteiger partial charge in [0.1, 0.15) is 12.0 Å². The van der Waals surface area contributed by atoms with Gasteiger partial charge < -0.3 is 10.2 Å². The molecule has 2 atom stereocenters. The van der Waals surface area contributed by atoms with Crippen molar-refractivity contribution in [3.63, 3.8) is 0 Å².